The first-order chi connectivity index (χ1) is 6.22. The molecule has 13 heavy (non-hydrogen) atoms. The molecule has 1 N–H and O–H groups in total. The molecule has 2 nitrogen and oxygen atoms in total. The van der Waals surface area contributed by atoms with E-state index in [0.29, 0.717) is 5.41 Å². The summed E-state index contributed by atoms with van der Waals surface area (Å²) in [6.07, 6.45) is 7.80. The molecule has 0 amide bonds. The molecule has 0 saturated carbocycles. The Hall–Kier alpha value is -0.0800. The molecule has 1 aliphatic heterocycles. The molecule has 1 fully saturated rings. The third-order valence-corrected chi connectivity index (χ3v) is 3.16. The third-order valence-electron chi connectivity index (χ3n) is 3.16. The SMILES string of the molecule is CCCCC1(CCCC)CN(O)C1. The Morgan fingerprint density at radius 2 is 1.54 bits per heavy atom. The highest BCUT2D eigenvalue weighted by atomic mass is 16.5. The second kappa shape index (κ2) is 4.97. The predicted molar refractivity (Wildman–Crippen MR) is 54.8 cm³/mol. The molecule has 0 bridgehead atoms. The quantitative estimate of drug-likeness (QED) is 0.687. The van der Waals surface area contributed by atoms with Crippen molar-refractivity contribution >= 4 is 0 Å². The van der Waals surface area contributed by atoms with E-state index >= 15 is 0 Å². The van der Waals surface area contributed by atoms with Crippen LogP contribution in [0, 0.1) is 5.41 Å². The molecule has 0 aliphatic carbocycles. The molecule has 0 aromatic heterocycles. The topological polar surface area (TPSA) is 23.5 Å². The minimum Gasteiger partial charge on any atom is -0.314 e. The molecule has 0 radical (unpaired) electrons. The van der Waals surface area contributed by atoms with Crippen LogP contribution in [0.15, 0.2) is 0 Å². The fourth-order valence-corrected chi connectivity index (χ4v) is 2.27. The van der Waals surface area contributed by atoms with Gasteiger partial charge in [0.1, 0.15) is 0 Å². The third kappa shape index (κ3) is 2.96. The molecule has 1 saturated heterocycles. The first kappa shape index (κ1) is 11.0. The van der Waals surface area contributed by atoms with Gasteiger partial charge in [-0.05, 0) is 12.8 Å². The molecule has 2 heteroatoms. The summed E-state index contributed by atoms with van der Waals surface area (Å²) < 4.78 is 0. The summed E-state index contributed by atoms with van der Waals surface area (Å²) in [6, 6.07) is 0. The molecule has 0 spiro atoms. The molecule has 78 valence electrons. The van der Waals surface area contributed by atoms with E-state index in [9.17, 15) is 5.21 Å². The van der Waals surface area contributed by atoms with Crippen LogP contribution in [0.3, 0.4) is 0 Å². The molecule has 0 aromatic rings. The molecule has 1 heterocycles. The number of unbranched alkanes of at least 4 members (excludes halogenated alkanes) is 2. The zero-order chi connectivity index (χ0) is 9.73. The lowest BCUT2D eigenvalue weighted by molar-refractivity contribution is -0.213. The molecular formula is C11H23NO. The van der Waals surface area contributed by atoms with E-state index in [2.05, 4.69) is 13.8 Å². The molecule has 0 atom stereocenters. The monoisotopic (exact) mass is 185 g/mol. The van der Waals surface area contributed by atoms with E-state index in [-0.39, 0.29) is 0 Å². The maximum atomic E-state index is 9.22. The van der Waals surface area contributed by atoms with Crippen LogP contribution < -0.4 is 0 Å². The fourth-order valence-electron chi connectivity index (χ4n) is 2.27. The summed E-state index contributed by atoms with van der Waals surface area (Å²) in [6.45, 7) is 6.30. The Morgan fingerprint density at radius 3 is 1.85 bits per heavy atom. The van der Waals surface area contributed by atoms with Crippen LogP contribution in [0.4, 0.5) is 0 Å². The summed E-state index contributed by atoms with van der Waals surface area (Å²) in [5.74, 6) is 0. The average molecular weight is 185 g/mol. The Kier molecular flexibility index (Phi) is 4.20. The lowest BCUT2D eigenvalue weighted by Gasteiger charge is -2.47. The van der Waals surface area contributed by atoms with Crippen LogP contribution in [0.1, 0.15) is 52.4 Å². The Bertz CT molecular complexity index is 131. The number of hydrogen-bond donors (Lipinski definition) is 1. The summed E-state index contributed by atoms with van der Waals surface area (Å²) in [5.41, 5.74) is 0.473. The van der Waals surface area contributed by atoms with Gasteiger partial charge in [-0.2, -0.15) is 5.06 Å². The van der Waals surface area contributed by atoms with E-state index in [1.54, 1.807) is 0 Å². The molecular weight excluding hydrogens is 162 g/mol. The number of hydrogen-bond acceptors (Lipinski definition) is 2. The maximum absolute atomic E-state index is 9.22. The van der Waals surface area contributed by atoms with E-state index in [1.807, 2.05) is 0 Å². The van der Waals surface area contributed by atoms with Gasteiger partial charge < -0.3 is 5.21 Å². The van der Waals surface area contributed by atoms with Crippen molar-refractivity contribution in [2.24, 2.45) is 5.41 Å². The van der Waals surface area contributed by atoms with Crippen molar-refractivity contribution in [1.29, 1.82) is 0 Å². The molecule has 1 rings (SSSR count). The molecule has 0 unspecified atom stereocenters. The first-order valence-corrected chi connectivity index (χ1v) is 5.66. The highest BCUT2D eigenvalue weighted by Crippen LogP contribution is 2.39. The fraction of sp³-hybridized carbons (Fsp3) is 1.00. The standard InChI is InChI=1S/C11H23NO/c1-3-5-7-11(8-6-4-2)9-12(13)10-11/h13H,3-10H2,1-2H3. The Morgan fingerprint density at radius 1 is 1.08 bits per heavy atom. The lowest BCUT2D eigenvalue weighted by Crippen LogP contribution is -2.54. The molecule has 1 aliphatic rings. The summed E-state index contributed by atoms with van der Waals surface area (Å²) in [4.78, 5) is 0. The Labute approximate surface area is 81.9 Å². The van der Waals surface area contributed by atoms with Gasteiger partial charge in [0.2, 0.25) is 0 Å². The van der Waals surface area contributed by atoms with Crippen molar-refractivity contribution in [3.05, 3.63) is 0 Å². The first-order valence-electron chi connectivity index (χ1n) is 5.66. The van der Waals surface area contributed by atoms with Crippen molar-refractivity contribution in [3.8, 4) is 0 Å². The van der Waals surface area contributed by atoms with Crippen LogP contribution in [0.5, 0.6) is 0 Å². The van der Waals surface area contributed by atoms with Crippen LogP contribution in [0.2, 0.25) is 0 Å². The van der Waals surface area contributed by atoms with Gasteiger partial charge in [-0.1, -0.05) is 39.5 Å². The van der Waals surface area contributed by atoms with Crippen LogP contribution in [-0.4, -0.2) is 23.4 Å². The van der Waals surface area contributed by atoms with Gasteiger partial charge in [-0.15, -0.1) is 0 Å². The van der Waals surface area contributed by atoms with E-state index in [4.69, 9.17) is 0 Å². The van der Waals surface area contributed by atoms with Crippen LogP contribution in [0.25, 0.3) is 0 Å². The lowest BCUT2D eigenvalue weighted by atomic mass is 9.73. The van der Waals surface area contributed by atoms with Crippen molar-refractivity contribution < 1.29 is 5.21 Å². The zero-order valence-electron chi connectivity index (χ0n) is 9.05. The van der Waals surface area contributed by atoms with Gasteiger partial charge >= 0.3 is 0 Å². The van der Waals surface area contributed by atoms with E-state index in [1.165, 1.54) is 43.6 Å². The summed E-state index contributed by atoms with van der Waals surface area (Å²) >= 11 is 0. The largest absolute Gasteiger partial charge is 0.314 e. The van der Waals surface area contributed by atoms with Gasteiger partial charge in [0, 0.05) is 18.5 Å². The predicted octanol–water partition coefficient (Wildman–Crippen LogP) is 3.06. The van der Waals surface area contributed by atoms with E-state index < -0.39 is 0 Å². The van der Waals surface area contributed by atoms with E-state index in [0.717, 1.165) is 13.1 Å². The maximum Gasteiger partial charge on any atom is 0.0308 e. The highest BCUT2D eigenvalue weighted by molar-refractivity contribution is 4.90. The van der Waals surface area contributed by atoms with Crippen molar-refractivity contribution in [1.82, 2.24) is 5.06 Å². The van der Waals surface area contributed by atoms with Crippen LogP contribution >= 0.6 is 0 Å². The summed E-state index contributed by atoms with van der Waals surface area (Å²) in [5, 5.41) is 10.7. The normalized spacial score (nSPS) is 21.5. The van der Waals surface area contributed by atoms with Gasteiger partial charge in [-0.3, -0.25) is 0 Å². The average Bonchev–Trinajstić information content (AvgIpc) is 2.08. The minimum absolute atomic E-state index is 0.473. The second-order valence-corrected chi connectivity index (χ2v) is 4.53. The van der Waals surface area contributed by atoms with Crippen molar-refractivity contribution in [2.75, 3.05) is 13.1 Å². The smallest absolute Gasteiger partial charge is 0.0308 e. The number of hydroxylamine groups is 2. The van der Waals surface area contributed by atoms with Crippen molar-refractivity contribution in [2.45, 2.75) is 52.4 Å². The summed E-state index contributed by atoms with van der Waals surface area (Å²) in [7, 11) is 0. The van der Waals surface area contributed by atoms with Gasteiger partial charge in [0.05, 0.1) is 0 Å². The van der Waals surface area contributed by atoms with Gasteiger partial charge in [0.15, 0.2) is 0 Å². The van der Waals surface area contributed by atoms with Gasteiger partial charge in [-0.25, -0.2) is 0 Å². The number of nitrogens with zero attached hydrogens (tertiary/aromatic N) is 1. The number of rotatable bonds is 6. The Balaban J connectivity index is 2.27. The highest BCUT2D eigenvalue weighted by Gasteiger charge is 2.40. The molecule has 0 aromatic carbocycles. The van der Waals surface area contributed by atoms with Crippen LogP contribution in [-0.2, 0) is 0 Å². The van der Waals surface area contributed by atoms with Gasteiger partial charge in [0.25, 0.3) is 0 Å². The minimum atomic E-state index is 0.473. The van der Waals surface area contributed by atoms with Crippen molar-refractivity contribution in [3.63, 3.8) is 0 Å². The second-order valence-electron chi connectivity index (χ2n) is 4.53. The zero-order valence-corrected chi connectivity index (χ0v) is 9.05.